The van der Waals surface area contributed by atoms with Gasteiger partial charge >= 0.3 is 0 Å². The quantitative estimate of drug-likeness (QED) is 0.156. The highest BCUT2D eigenvalue weighted by atomic mass is 28.4. The molecule has 4 rings (SSSR count). The van der Waals surface area contributed by atoms with Gasteiger partial charge in [0.15, 0.2) is 0 Å². The Hall–Kier alpha value is -3.53. The summed E-state index contributed by atoms with van der Waals surface area (Å²) >= 11 is 0. The highest BCUT2D eigenvalue weighted by molar-refractivity contribution is 6.93. The summed E-state index contributed by atoms with van der Waals surface area (Å²) in [5.74, 6) is 3.24. The van der Waals surface area contributed by atoms with Crippen molar-refractivity contribution in [3.8, 4) is 23.0 Å². The van der Waals surface area contributed by atoms with Crippen molar-refractivity contribution in [2.45, 2.75) is 105 Å². The summed E-state index contributed by atoms with van der Waals surface area (Å²) < 4.78 is 32.5. The smallest absolute Gasteiger partial charge is 0.280 e. The fraction of sp³-hybridized carbons (Fsp3) is 0.455. The number of hydrogen-bond donors (Lipinski definition) is 0. The van der Waals surface area contributed by atoms with Crippen LogP contribution in [0.25, 0.3) is 0 Å². The predicted octanol–water partition coefficient (Wildman–Crippen LogP) is 7.84. The van der Waals surface area contributed by atoms with Gasteiger partial charge in [0.1, 0.15) is 23.0 Å². The molecular formula is C44H60O5Si2. The fourth-order valence-corrected chi connectivity index (χ4v) is 11.7. The normalized spacial score (nSPS) is 12.7. The summed E-state index contributed by atoms with van der Waals surface area (Å²) in [7, 11) is 2.92. The van der Waals surface area contributed by atoms with Crippen molar-refractivity contribution in [3.63, 3.8) is 0 Å². The van der Waals surface area contributed by atoms with Crippen LogP contribution in [0.1, 0.15) is 105 Å². The van der Waals surface area contributed by atoms with E-state index in [0.717, 1.165) is 43.7 Å². The SMILES string of the molecule is COc1cc(C(C)(C)C)ccc1[Si](O[Si](c1ccc(C(C)(C)C)cc1OC)c1ccc(C(C)(C)C)cc1OC)c1ccc(C(C)(C)C)cc1OC. The molecule has 0 spiro atoms. The minimum atomic E-state index is -2.04. The Morgan fingerprint density at radius 3 is 0.686 bits per heavy atom. The van der Waals surface area contributed by atoms with Crippen molar-refractivity contribution in [2.24, 2.45) is 0 Å². The maximum atomic E-state index is 7.75. The summed E-state index contributed by atoms with van der Waals surface area (Å²) in [6, 6.07) is 26.3. The third-order valence-electron chi connectivity index (χ3n) is 9.45. The van der Waals surface area contributed by atoms with Crippen LogP contribution in [0.4, 0.5) is 0 Å². The molecule has 5 nitrogen and oxygen atoms in total. The Morgan fingerprint density at radius 1 is 0.333 bits per heavy atom. The average molecular weight is 725 g/mol. The molecule has 0 heterocycles. The monoisotopic (exact) mass is 724 g/mol. The van der Waals surface area contributed by atoms with Crippen LogP contribution in [0.2, 0.25) is 0 Å². The van der Waals surface area contributed by atoms with E-state index in [0.29, 0.717) is 0 Å². The van der Waals surface area contributed by atoms with E-state index in [9.17, 15) is 0 Å². The molecule has 4 aromatic rings. The van der Waals surface area contributed by atoms with Gasteiger partial charge in [-0.1, -0.05) is 132 Å². The van der Waals surface area contributed by atoms with Crippen LogP contribution in [0.3, 0.4) is 0 Å². The van der Waals surface area contributed by atoms with Crippen LogP contribution in [0.15, 0.2) is 72.8 Å². The van der Waals surface area contributed by atoms with Gasteiger partial charge in [-0.2, -0.15) is 0 Å². The third kappa shape index (κ3) is 9.11. The molecule has 0 bridgehead atoms. The molecule has 2 radical (unpaired) electrons. The first-order valence-corrected chi connectivity index (χ1v) is 20.6. The van der Waals surface area contributed by atoms with Gasteiger partial charge in [-0.05, 0) is 68.2 Å². The molecule has 0 unspecified atom stereocenters. The van der Waals surface area contributed by atoms with E-state index in [4.69, 9.17) is 23.1 Å². The zero-order valence-corrected chi connectivity index (χ0v) is 36.0. The first kappa shape index (κ1) is 40.2. The molecule has 0 aromatic heterocycles. The predicted molar refractivity (Wildman–Crippen MR) is 218 cm³/mol. The number of hydrogen-bond acceptors (Lipinski definition) is 5. The molecule has 0 saturated carbocycles. The Kier molecular flexibility index (Phi) is 12.0. The van der Waals surface area contributed by atoms with Gasteiger partial charge in [0.05, 0.1) is 28.4 Å². The second-order valence-corrected chi connectivity index (χ2v) is 21.7. The highest BCUT2D eigenvalue weighted by Gasteiger charge is 2.37. The molecule has 7 heteroatoms. The number of ether oxygens (including phenoxy) is 4. The van der Waals surface area contributed by atoms with Gasteiger partial charge in [0.25, 0.3) is 18.1 Å². The van der Waals surface area contributed by atoms with Crippen molar-refractivity contribution >= 4 is 38.8 Å². The van der Waals surface area contributed by atoms with Gasteiger partial charge in [0.2, 0.25) is 0 Å². The number of benzene rings is 4. The molecule has 0 aliphatic carbocycles. The first-order chi connectivity index (χ1) is 23.6. The van der Waals surface area contributed by atoms with Gasteiger partial charge in [-0.3, -0.25) is 0 Å². The van der Waals surface area contributed by atoms with Crippen molar-refractivity contribution in [1.29, 1.82) is 0 Å². The molecule has 0 aliphatic heterocycles. The van der Waals surface area contributed by atoms with Crippen LogP contribution < -0.4 is 39.7 Å². The molecule has 0 atom stereocenters. The van der Waals surface area contributed by atoms with Gasteiger partial charge < -0.3 is 23.1 Å². The van der Waals surface area contributed by atoms with Crippen molar-refractivity contribution in [2.75, 3.05) is 28.4 Å². The number of rotatable bonds is 10. The van der Waals surface area contributed by atoms with E-state index >= 15 is 0 Å². The first-order valence-electron chi connectivity index (χ1n) is 17.8. The molecular weight excluding hydrogens is 665 g/mol. The maximum absolute atomic E-state index is 7.75. The lowest BCUT2D eigenvalue weighted by Crippen LogP contribution is -2.57. The van der Waals surface area contributed by atoms with Crippen molar-refractivity contribution in [3.05, 3.63) is 95.1 Å². The molecule has 0 amide bonds. The third-order valence-corrected chi connectivity index (χ3v) is 14.7. The van der Waals surface area contributed by atoms with Crippen molar-refractivity contribution in [1.82, 2.24) is 0 Å². The van der Waals surface area contributed by atoms with Crippen LogP contribution in [-0.4, -0.2) is 46.5 Å². The lowest BCUT2D eigenvalue weighted by molar-refractivity contribution is 0.411. The maximum Gasteiger partial charge on any atom is 0.280 e. The summed E-state index contributed by atoms with van der Waals surface area (Å²) in [6.45, 7) is 26.7. The zero-order valence-electron chi connectivity index (χ0n) is 34.0. The van der Waals surface area contributed by atoms with E-state index in [2.05, 4.69) is 156 Å². The minimum Gasteiger partial charge on any atom is -0.497 e. The number of methoxy groups -OCH3 is 4. The van der Waals surface area contributed by atoms with Crippen LogP contribution in [0.5, 0.6) is 23.0 Å². The summed E-state index contributed by atoms with van der Waals surface area (Å²) in [4.78, 5) is 0. The summed E-state index contributed by atoms with van der Waals surface area (Å²) in [5, 5.41) is 4.09. The molecule has 4 aromatic carbocycles. The molecule has 0 aliphatic rings. The van der Waals surface area contributed by atoms with E-state index in [-0.39, 0.29) is 21.7 Å². The molecule has 0 saturated heterocycles. The summed E-state index contributed by atoms with van der Waals surface area (Å²) in [6.07, 6.45) is 0. The van der Waals surface area contributed by atoms with E-state index in [1.807, 2.05) is 0 Å². The van der Waals surface area contributed by atoms with E-state index < -0.39 is 18.1 Å². The van der Waals surface area contributed by atoms with Crippen LogP contribution in [0, 0.1) is 0 Å². The van der Waals surface area contributed by atoms with Gasteiger partial charge in [-0.15, -0.1) is 0 Å². The Morgan fingerprint density at radius 2 is 0.529 bits per heavy atom. The molecule has 274 valence electrons. The molecule has 51 heavy (non-hydrogen) atoms. The van der Waals surface area contributed by atoms with E-state index in [1.54, 1.807) is 28.4 Å². The fourth-order valence-electron chi connectivity index (χ4n) is 5.99. The Balaban J connectivity index is 2.09. The second kappa shape index (κ2) is 15.2. The summed E-state index contributed by atoms with van der Waals surface area (Å²) in [5.41, 5.74) is 4.59. The van der Waals surface area contributed by atoms with E-state index in [1.165, 1.54) is 22.3 Å². The van der Waals surface area contributed by atoms with Gasteiger partial charge in [0, 0.05) is 20.7 Å². The molecule has 0 fully saturated rings. The zero-order chi connectivity index (χ0) is 38.1. The topological polar surface area (TPSA) is 46.2 Å². The lowest BCUT2D eigenvalue weighted by atomic mass is 9.87. The lowest BCUT2D eigenvalue weighted by Gasteiger charge is -2.30. The van der Waals surface area contributed by atoms with Crippen LogP contribution in [-0.2, 0) is 25.8 Å². The second-order valence-electron chi connectivity index (χ2n) is 17.4. The largest absolute Gasteiger partial charge is 0.497 e. The minimum absolute atomic E-state index is 0.0507. The Labute approximate surface area is 312 Å². The Bertz CT molecular complexity index is 1560. The van der Waals surface area contributed by atoms with Crippen LogP contribution >= 0.6 is 0 Å². The van der Waals surface area contributed by atoms with Crippen molar-refractivity contribution < 1.29 is 23.1 Å². The highest BCUT2D eigenvalue weighted by Crippen LogP contribution is 2.30. The standard InChI is InChI=1S/C44H60O5Si2/c1-41(2,3)29-17-21-37(33(25-29)45-13)50(38-22-18-30(42(4,5)6)26-34(38)46-14)49-51(39-23-19-31(43(7,8)9)27-35(39)47-15)40-24-20-32(44(10,11)12)28-36(40)48-16/h17-28H,1-16H3. The van der Waals surface area contributed by atoms with Gasteiger partial charge in [-0.25, -0.2) is 0 Å². The molecule has 0 N–H and O–H groups in total. The average Bonchev–Trinajstić information content (AvgIpc) is 3.06.